The van der Waals surface area contributed by atoms with Crippen molar-refractivity contribution in [1.82, 2.24) is 15.3 Å². The Hall–Kier alpha value is -3.56. The monoisotopic (exact) mass is 470 g/mol. The van der Waals surface area contributed by atoms with E-state index in [-0.39, 0.29) is 5.15 Å². The number of ether oxygens (including phenoxy) is 2. The highest BCUT2D eigenvalue weighted by molar-refractivity contribution is 6.31. The van der Waals surface area contributed by atoms with Crippen LogP contribution < -0.4 is 26.0 Å². The molecule has 2 aromatic rings. The van der Waals surface area contributed by atoms with Crippen molar-refractivity contribution in [3.05, 3.63) is 66.1 Å². The van der Waals surface area contributed by atoms with Crippen LogP contribution in [0.5, 0.6) is 5.75 Å². The topological polar surface area (TPSA) is 115 Å². The number of anilines is 2. The first-order valence-electron chi connectivity index (χ1n) is 10.5. The number of carbonyl (C=O) groups excluding carboxylic acids is 1. The van der Waals surface area contributed by atoms with Crippen molar-refractivity contribution in [2.24, 2.45) is 5.73 Å². The Morgan fingerprint density at radius 2 is 2.03 bits per heavy atom. The molecule has 2 heterocycles. The van der Waals surface area contributed by atoms with Gasteiger partial charge in [0.05, 0.1) is 19.8 Å². The molecule has 0 radical (unpaired) electrons. The van der Waals surface area contributed by atoms with Crippen LogP contribution in [0.2, 0.25) is 5.15 Å². The molecule has 1 aliphatic heterocycles. The summed E-state index contributed by atoms with van der Waals surface area (Å²) in [5, 5.41) is 5.69. The van der Waals surface area contributed by atoms with Gasteiger partial charge in [0.15, 0.2) is 22.5 Å². The molecule has 1 saturated heterocycles. The molecule has 0 atom stereocenters. The van der Waals surface area contributed by atoms with Gasteiger partial charge in [0.25, 0.3) is 0 Å². The summed E-state index contributed by atoms with van der Waals surface area (Å²) in [6.07, 6.45) is 6.07. The number of nitrogens with zero attached hydrogens (tertiary/aromatic N) is 3. The van der Waals surface area contributed by atoms with Crippen molar-refractivity contribution in [3.8, 4) is 17.1 Å². The number of nitrogens with one attached hydrogen (secondary N) is 2. The molecule has 1 fully saturated rings. The van der Waals surface area contributed by atoms with Crippen molar-refractivity contribution in [3.63, 3.8) is 0 Å². The molecule has 174 valence electrons. The summed E-state index contributed by atoms with van der Waals surface area (Å²) in [5.74, 6) is 1.58. The maximum Gasteiger partial charge on any atom is 0.323 e. The van der Waals surface area contributed by atoms with E-state index in [1.807, 2.05) is 19.1 Å². The number of aromatic nitrogens is 2. The van der Waals surface area contributed by atoms with Crippen LogP contribution in [0.3, 0.4) is 0 Å². The van der Waals surface area contributed by atoms with E-state index in [4.69, 9.17) is 31.8 Å². The van der Waals surface area contributed by atoms with Gasteiger partial charge in [-0.05, 0) is 49.5 Å². The number of hydrogen-bond acceptors (Lipinski definition) is 7. The summed E-state index contributed by atoms with van der Waals surface area (Å²) in [5.41, 5.74) is 7.24. The van der Waals surface area contributed by atoms with Crippen molar-refractivity contribution in [2.75, 3.05) is 43.1 Å². The molecule has 4 N–H and O–H groups in total. The fourth-order valence-corrected chi connectivity index (χ4v) is 3.38. The number of hydrogen-bond donors (Lipinski definition) is 3. The number of benzene rings is 1. The van der Waals surface area contributed by atoms with E-state index in [9.17, 15) is 4.79 Å². The van der Waals surface area contributed by atoms with Gasteiger partial charge in [0.2, 0.25) is 0 Å². The highest BCUT2D eigenvalue weighted by Gasteiger charge is 2.22. The second-order valence-electron chi connectivity index (χ2n) is 6.90. The first kappa shape index (κ1) is 24.1. The fraction of sp³-hybridized carbons (Fsp3) is 0.261. The molecule has 0 bridgehead atoms. The minimum absolute atomic E-state index is 0.249. The van der Waals surface area contributed by atoms with Gasteiger partial charge in [-0.3, -0.25) is 0 Å². The Kier molecular flexibility index (Phi) is 8.68. The second kappa shape index (κ2) is 11.9. The predicted molar refractivity (Wildman–Crippen MR) is 130 cm³/mol. The molecule has 0 unspecified atom stereocenters. The average Bonchev–Trinajstić information content (AvgIpc) is 2.81. The van der Waals surface area contributed by atoms with Crippen molar-refractivity contribution < 1.29 is 14.3 Å². The second-order valence-corrected chi connectivity index (χ2v) is 7.25. The zero-order valence-corrected chi connectivity index (χ0v) is 19.1. The van der Waals surface area contributed by atoms with E-state index in [2.05, 4.69) is 27.1 Å². The molecule has 0 aliphatic carbocycles. The largest absolute Gasteiger partial charge is 0.487 e. The molecule has 9 nitrogen and oxygen atoms in total. The fourth-order valence-electron chi connectivity index (χ4n) is 3.16. The number of amides is 2. The van der Waals surface area contributed by atoms with E-state index in [1.54, 1.807) is 30.4 Å². The maximum atomic E-state index is 12.2. The van der Waals surface area contributed by atoms with Gasteiger partial charge >= 0.3 is 6.03 Å². The molecule has 1 aromatic heterocycles. The van der Waals surface area contributed by atoms with E-state index >= 15 is 0 Å². The van der Waals surface area contributed by atoms with E-state index < -0.39 is 6.03 Å². The minimum Gasteiger partial charge on any atom is -0.487 e. The Morgan fingerprint density at radius 3 is 2.67 bits per heavy atom. The first-order valence-corrected chi connectivity index (χ1v) is 10.9. The number of rotatable bonds is 8. The third-order valence-electron chi connectivity index (χ3n) is 4.64. The van der Waals surface area contributed by atoms with E-state index in [0.29, 0.717) is 61.7 Å². The molecule has 1 aliphatic rings. The van der Waals surface area contributed by atoms with Gasteiger partial charge in [0, 0.05) is 30.0 Å². The third-order valence-corrected chi connectivity index (χ3v) is 4.89. The van der Waals surface area contributed by atoms with Crippen molar-refractivity contribution >= 4 is 29.1 Å². The van der Waals surface area contributed by atoms with Gasteiger partial charge in [0.1, 0.15) is 0 Å². The summed E-state index contributed by atoms with van der Waals surface area (Å²) in [4.78, 5) is 23.5. The Bertz CT molecular complexity index is 1030. The molecular weight excluding hydrogens is 444 g/mol. The summed E-state index contributed by atoms with van der Waals surface area (Å²) >= 11 is 6.46. The number of halogens is 1. The lowest BCUT2D eigenvalue weighted by molar-refractivity contribution is 0.122. The lowest BCUT2D eigenvalue weighted by atomic mass is 10.2. The van der Waals surface area contributed by atoms with Gasteiger partial charge in [-0.25, -0.2) is 14.8 Å². The van der Waals surface area contributed by atoms with Gasteiger partial charge in [-0.15, -0.1) is 0 Å². The van der Waals surface area contributed by atoms with Gasteiger partial charge < -0.3 is 30.7 Å². The third kappa shape index (κ3) is 6.47. The highest BCUT2D eigenvalue weighted by atomic mass is 35.5. The van der Waals surface area contributed by atoms with Crippen LogP contribution in [0.1, 0.15) is 6.92 Å². The standard InChI is InChI=1S/C23H27ClN6O3/c1-3-5-17(10-11-25)26-23(31)27-18-8-6-16(7-9-18)21-28-20(24)19(33-4-2)22(29-21)30-12-14-32-15-13-30/h3,5-11H,1,4,12-15,25H2,2H3,(H2,26,27,31)/b11-10-,17-5+. The van der Waals surface area contributed by atoms with Crippen molar-refractivity contribution in [1.29, 1.82) is 0 Å². The number of morpholine rings is 1. The molecule has 0 saturated carbocycles. The number of nitrogens with two attached hydrogens (primary N) is 1. The van der Waals surface area contributed by atoms with Crippen LogP contribution >= 0.6 is 11.6 Å². The minimum atomic E-state index is -0.413. The molecule has 2 amide bonds. The SMILES string of the molecule is C=C/C=C(\C=C/N)NC(=O)Nc1ccc(-c2nc(Cl)c(OCC)c(N3CCOCC3)n2)cc1. The van der Waals surface area contributed by atoms with Crippen LogP contribution in [0, 0.1) is 0 Å². The zero-order chi connectivity index (χ0) is 23.6. The molecule has 33 heavy (non-hydrogen) atoms. The predicted octanol–water partition coefficient (Wildman–Crippen LogP) is 3.70. The van der Waals surface area contributed by atoms with Gasteiger partial charge in [-0.2, -0.15) is 0 Å². The summed E-state index contributed by atoms with van der Waals surface area (Å²) < 4.78 is 11.2. The molecular formula is C23H27ClN6O3. The Morgan fingerprint density at radius 1 is 1.30 bits per heavy atom. The molecule has 0 spiro atoms. The normalized spacial score (nSPS) is 14.2. The molecule has 1 aromatic carbocycles. The number of allylic oxidation sites excluding steroid dienone is 3. The lowest BCUT2D eigenvalue weighted by Crippen LogP contribution is -2.37. The quantitative estimate of drug-likeness (QED) is 0.398. The van der Waals surface area contributed by atoms with E-state index in [1.165, 1.54) is 6.20 Å². The van der Waals surface area contributed by atoms with Crippen molar-refractivity contribution in [2.45, 2.75) is 6.92 Å². The van der Waals surface area contributed by atoms with Crippen LogP contribution in [-0.4, -0.2) is 48.9 Å². The smallest absolute Gasteiger partial charge is 0.323 e. The van der Waals surface area contributed by atoms with Gasteiger partial charge in [-0.1, -0.05) is 24.3 Å². The van der Waals surface area contributed by atoms with Crippen LogP contribution in [-0.2, 0) is 4.74 Å². The van der Waals surface area contributed by atoms with E-state index in [0.717, 1.165) is 5.56 Å². The van der Waals surface area contributed by atoms with Crippen LogP contribution in [0.15, 0.2) is 61.0 Å². The summed E-state index contributed by atoms with van der Waals surface area (Å²) in [6.45, 7) is 8.53. The summed E-state index contributed by atoms with van der Waals surface area (Å²) in [6, 6.07) is 6.72. The van der Waals surface area contributed by atoms with Crippen LogP contribution in [0.25, 0.3) is 11.4 Å². The van der Waals surface area contributed by atoms with Crippen LogP contribution in [0.4, 0.5) is 16.3 Å². The number of urea groups is 1. The Balaban J connectivity index is 1.79. The zero-order valence-electron chi connectivity index (χ0n) is 18.4. The highest BCUT2D eigenvalue weighted by Crippen LogP contribution is 2.35. The first-order chi connectivity index (χ1) is 16.0. The molecule has 10 heteroatoms. The summed E-state index contributed by atoms with van der Waals surface area (Å²) in [7, 11) is 0. The lowest BCUT2D eigenvalue weighted by Gasteiger charge is -2.29. The maximum absolute atomic E-state index is 12.2. The molecule has 3 rings (SSSR count). The number of carbonyl (C=O) groups is 1. The average molecular weight is 471 g/mol. The Labute approximate surface area is 197 Å².